The molecule has 0 bridgehead atoms. The van der Waals surface area contributed by atoms with Gasteiger partial charge in [0.25, 0.3) is 0 Å². The van der Waals surface area contributed by atoms with Gasteiger partial charge in [0.1, 0.15) is 5.58 Å². The van der Waals surface area contributed by atoms with Crippen molar-refractivity contribution in [1.82, 2.24) is 0 Å². The van der Waals surface area contributed by atoms with Gasteiger partial charge >= 0.3 is 6.18 Å². The van der Waals surface area contributed by atoms with E-state index >= 15 is 0 Å². The van der Waals surface area contributed by atoms with Crippen LogP contribution in [0.1, 0.15) is 38.0 Å². The second-order valence-corrected chi connectivity index (χ2v) is 13.3. The molecule has 25 heavy (non-hydrogen) atoms. The zero-order valence-electron chi connectivity index (χ0n) is 14.8. The highest BCUT2D eigenvalue weighted by Gasteiger charge is 2.49. The molecule has 0 aliphatic carbocycles. The number of benzene rings is 1. The molecule has 0 aliphatic rings. The van der Waals surface area contributed by atoms with E-state index in [2.05, 4.69) is 15.9 Å². The fourth-order valence-corrected chi connectivity index (χ4v) is 3.95. The average molecular weight is 439 g/mol. The monoisotopic (exact) mass is 438 g/mol. The zero-order valence-corrected chi connectivity index (χ0v) is 17.4. The van der Waals surface area contributed by atoms with Crippen LogP contribution >= 0.6 is 15.9 Å². The Morgan fingerprint density at radius 2 is 1.84 bits per heavy atom. The van der Waals surface area contributed by atoms with E-state index in [4.69, 9.17) is 8.84 Å². The lowest BCUT2D eigenvalue weighted by Gasteiger charge is -2.39. The molecule has 8 heteroatoms. The maximum Gasteiger partial charge on any atom is 0.417 e. The molecule has 1 aromatic carbocycles. The summed E-state index contributed by atoms with van der Waals surface area (Å²) in [4.78, 5) is 0. The molecule has 2 rings (SSSR count). The van der Waals surface area contributed by atoms with Crippen molar-refractivity contribution in [3.8, 4) is 0 Å². The topological polar surface area (TPSA) is 42.6 Å². The number of hydrogen-bond acceptors (Lipinski definition) is 3. The van der Waals surface area contributed by atoms with Crippen LogP contribution in [0, 0.1) is 0 Å². The maximum absolute atomic E-state index is 13.9. The smallest absolute Gasteiger partial charge is 0.417 e. The molecule has 1 aromatic heterocycles. The zero-order chi connectivity index (χ0) is 19.2. The molecule has 0 fully saturated rings. The van der Waals surface area contributed by atoms with E-state index in [-0.39, 0.29) is 22.8 Å². The van der Waals surface area contributed by atoms with Crippen LogP contribution in [-0.4, -0.2) is 19.6 Å². The van der Waals surface area contributed by atoms with Crippen molar-refractivity contribution >= 4 is 35.2 Å². The van der Waals surface area contributed by atoms with Gasteiger partial charge in [-0.15, -0.1) is 0 Å². The van der Waals surface area contributed by atoms with Crippen molar-refractivity contribution in [2.75, 3.05) is 0 Å². The summed E-state index contributed by atoms with van der Waals surface area (Å²) in [5, 5.41) is 9.45. The van der Waals surface area contributed by atoms with E-state index in [1.807, 2.05) is 20.8 Å². The van der Waals surface area contributed by atoms with Gasteiger partial charge in [-0.2, -0.15) is 13.2 Å². The number of aliphatic hydroxyl groups excluding tert-OH is 1. The highest BCUT2D eigenvalue weighted by molar-refractivity contribution is 9.10. The lowest BCUT2D eigenvalue weighted by atomic mass is 10.0. The van der Waals surface area contributed by atoms with Crippen LogP contribution in [0.25, 0.3) is 11.0 Å². The first-order chi connectivity index (χ1) is 11.3. The summed E-state index contributed by atoms with van der Waals surface area (Å²) in [6.45, 7) is 8.91. The van der Waals surface area contributed by atoms with Crippen LogP contribution in [-0.2, 0) is 11.0 Å². The quantitative estimate of drug-likeness (QED) is 0.568. The highest BCUT2D eigenvalue weighted by atomic mass is 79.9. The Labute approximate surface area is 154 Å². The van der Waals surface area contributed by atoms with Crippen LogP contribution in [0.3, 0.4) is 0 Å². The van der Waals surface area contributed by atoms with Gasteiger partial charge in [-0.25, -0.2) is 0 Å². The first-order valence-electron chi connectivity index (χ1n) is 7.83. The van der Waals surface area contributed by atoms with Crippen LogP contribution < -0.4 is 0 Å². The summed E-state index contributed by atoms with van der Waals surface area (Å²) in [5.41, 5.74) is 0.445. The predicted octanol–water partition coefficient (Wildman–Crippen LogP) is 6.31. The van der Waals surface area contributed by atoms with Crippen LogP contribution in [0.4, 0.5) is 13.2 Å². The second kappa shape index (κ2) is 6.72. The Morgan fingerprint density at radius 3 is 2.32 bits per heavy atom. The number of furan rings is 1. The van der Waals surface area contributed by atoms with E-state index in [0.29, 0.717) is 15.4 Å². The van der Waals surface area contributed by atoms with E-state index in [0.717, 1.165) is 0 Å². The number of rotatable bonds is 4. The van der Waals surface area contributed by atoms with Crippen molar-refractivity contribution in [3.63, 3.8) is 0 Å². The third kappa shape index (κ3) is 4.12. The van der Waals surface area contributed by atoms with Crippen molar-refractivity contribution in [2.45, 2.75) is 57.8 Å². The molecule has 1 N–H and O–H groups in total. The number of halogens is 4. The summed E-state index contributed by atoms with van der Waals surface area (Å²) in [6.07, 6.45) is -5.40. The van der Waals surface area contributed by atoms with Gasteiger partial charge in [0.05, 0.1) is 12.9 Å². The van der Waals surface area contributed by atoms with Crippen molar-refractivity contribution in [1.29, 1.82) is 0 Å². The van der Waals surface area contributed by atoms with Crippen molar-refractivity contribution in [3.05, 3.63) is 34.0 Å². The molecule has 2 aromatic rings. The van der Waals surface area contributed by atoms with E-state index in [1.165, 1.54) is 12.3 Å². The minimum absolute atomic E-state index is 0.0820. The maximum atomic E-state index is 13.9. The van der Waals surface area contributed by atoms with E-state index in [9.17, 15) is 18.3 Å². The molecular weight excluding hydrogens is 417 g/mol. The Kier molecular flexibility index (Phi) is 5.50. The summed E-state index contributed by atoms with van der Waals surface area (Å²) >= 11 is 3.25. The molecule has 0 spiro atoms. The molecule has 0 radical (unpaired) electrons. The number of aliphatic hydroxyl groups is 1. The minimum atomic E-state index is -4.59. The van der Waals surface area contributed by atoms with Gasteiger partial charge < -0.3 is 13.9 Å². The van der Waals surface area contributed by atoms with Gasteiger partial charge in [0.15, 0.2) is 14.4 Å². The largest absolute Gasteiger partial charge is 0.464 e. The van der Waals surface area contributed by atoms with E-state index in [1.54, 1.807) is 19.2 Å². The third-order valence-electron chi connectivity index (χ3n) is 4.72. The molecular formula is C17H22BrF3O3Si. The molecule has 1 atom stereocenters. The van der Waals surface area contributed by atoms with Crippen LogP contribution in [0.2, 0.25) is 18.1 Å². The molecule has 0 saturated carbocycles. The molecule has 3 nitrogen and oxygen atoms in total. The summed E-state index contributed by atoms with van der Waals surface area (Å²) in [5.74, 6) is 0. The van der Waals surface area contributed by atoms with Gasteiger partial charge in [0.2, 0.25) is 0 Å². The first-order valence-corrected chi connectivity index (χ1v) is 11.5. The number of alkyl halides is 3. The lowest BCUT2D eigenvalue weighted by Crippen LogP contribution is -2.44. The Bertz CT molecular complexity index is 763. The SMILES string of the molecule is CC(C)(C)[Si](C)(C)OC(c1cc(Br)cc2c(CO)coc12)C(F)(F)F. The van der Waals surface area contributed by atoms with Crippen molar-refractivity contribution < 1.29 is 27.1 Å². The summed E-state index contributed by atoms with van der Waals surface area (Å²) in [6, 6.07) is 3.01. The third-order valence-corrected chi connectivity index (χ3v) is 9.61. The number of fused-ring (bicyclic) bond motifs is 1. The van der Waals surface area contributed by atoms with Gasteiger partial charge in [-0.05, 0) is 30.3 Å². The average Bonchev–Trinajstić information content (AvgIpc) is 2.84. The Morgan fingerprint density at radius 1 is 1.24 bits per heavy atom. The number of hydrogen-bond donors (Lipinski definition) is 1. The second-order valence-electron chi connectivity index (χ2n) is 7.59. The van der Waals surface area contributed by atoms with Crippen LogP contribution in [0.5, 0.6) is 0 Å². The molecule has 0 saturated heterocycles. The normalized spacial score (nSPS) is 15.0. The predicted molar refractivity (Wildman–Crippen MR) is 96.9 cm³/mol. The molecule has 1 heterocycles. The summed E-state index contributed by atoms with van der Waals surface area (Å²) < 4.78 is 53.1. The lowest BCUT2D eigenvalue weighted by molar-refractivity contribution is -0.201. The molecule has 140 valence electrons. The fourth-order valence-electron chi connectivity index (χ4n) is 2.27. The Hall–Kier alpha value is -0.833. The first kappa shape index (κ1) is 20.5. The van der Waals surface area contributed by atoms with Crippen molar-refractivity contribution in [2.24, 2.45) is 0 Å². The molecule has 0 amide bonds. The minimum Gasteiger partial charge on any atom is -0.464 e. The van der Waals surface area contributed by atoms with E-state index < -0.39 is 20.6 Å². The standard InChI is InChI=1S/C17H22BrF3O3Si/c1-16(2,3)25(4,5)24-15(17(19,20)21)13-7-11(18)6-12-10(8-22)9-23-14(12)13/h6-7,9,15,22H,8H2,1-5H3. The van der Waals surface area contributed by atoms with Crippen LogP contribution in [0.15, 0.2) is 27.3 Å². The van der Waals surface area contributed by atoms with Gasteiger partial charge in [-0.1, -0.05) is 36.7 Å². The summed E-state index contributed by atoms with van der Waals surface area (Å²) in [7, 11) is -2.69. The molecule has 0 aliphatic heterocycles. The molecule has 1 unspecified atom stereocenters. The van der Waals surface area contributed by atoms with Gasteiger partial charge in [0, 0.05) is 21.0 Å². The van der Waals surface area contributed by atoms with Gasteiger partial charge in [-0.3, -0.25) is 0 Å². The fraction of sp³-hybridized carbons (Fsp3) is 0.529. The Balaban J connectivity index is 2.64. The highest BCUT2D eigenvalue weighted by Crippen LogP contribution is 2.47.